The van der Waals surface area contributed by atoms with E-state index < -0.39 is 0 Å². The van der Waals surface area contributed by atoms with Gasteiger partial charge in [-0.2, -0.15) is 0 Å². The van der Waals surface area contributed by atoms with Gasteiger partial charge in [0.15, 0.2) is 0 Å². The van der Waals surface area contributed by atoms with E-state index in [2.05, 4.69) is 60.0 Å². The van der Waals surface area contributed by atoms with Crippen molar-refractivity contribution >= 4 is 16.5 Å². The fourth-order valence-electron chi connectivity index (χ4n) is 3.34. The Labute approximate surface area is 146 Å². The van der Waals surface area contributed by atoms with Crippen LogP contribution in [0.15, 0.2) is 60.7 Å². The normalized spacial score (nSPS) is 17.4. The Morgan fingerprint density at radius 1 is 1.16 bits per heavy atom. The molecule has 1 unspecified atom stereocenters. The second-order valence-electron chi connectivity index (χ2n) is 6.46. The SMILES string of the molecule is C[C@@H](NCC1CNc2ccc(F)cc2O1)c1cccc2ccccc12. The van der Waals surface area contributed by atoms with Crippen LogP contribution in [0.4, 0.5) is 10.1 Å². The number of rotatable bonds is 4. The molecule has 3 aromatic carbocycles. The van der Waals surface area contributed by atoms with Gasteiger partial charge in [-0.3, -0.25) is 0 Å². The predicted molar refractivity (Wildman–Crippen MR) is 99.7 cm³/mol. The highest BCUT2D eigenvalue weighted by molar-refractivity contribution is 5.86. The van der Waals surface area contributed by atoms with Crippen LogP contribution in [0.3, 0.4) is 0 Å². The van der Waals surface area contributed by atoms with Crippen LogP contribution in [-0.4, -0.2) is 19.2 Å². The number of nitrogens with one attached hydrogen (secondary N) is 2. The Bertz CT molecular complexity index is 891. The molecule has 0 saturated carbocycles. The molecule has 0 radical (unpaired) electrons. The van der Waals surface area contributed by atoms with Crippen LogP contribution in [-0.2, 0) is 0 Å². The summed E-state index contributed by atoms with van der Waals surface area (Å²) in [4.78, 5) is 0. The van der Waals surface area contributed by atoms with Crippen molar-refractivity contribution in [2.45, 2.75) is 19.1 Å². The molecule has 1 aliphatic heterocycles. The van der Waals surface area contributed by atoms with Gasteiger partial charge in [-0.25, -0.2) is 4.39 Å². The Balaban J connectivity index is 1.44. The number of anilines is 1. The second kappa shape index (κ2) is 6.73. The molecule has 128 valence electrons. The van der Waals surface area contributed by atoms with Gasteiger partial charge >= 0.3 is 0 Å². The highest BCUT2D eigenvalue weighted by Gasteiger charge is 2.20. The molecule has 4 heteroatoms. The number of hydrogen-bond acceptors (Lipinski definition) is 3. The lowest BCUT2D eigenvalue weighted by Gasteiger charge is -2.29. The maximum absolute atomic E-state index is 13.4. The zero-order chi connectivity index (χ0) is 17.2. The summed E-state index contributed by atoms with van der Waals surface area (Å²) in [6.07, 6.45) is -0.0354. The van der Waals surface area contributed by atoms with Crippen LogP contribution in [0.5, 0.6) is 5.75 Å². The third-order valence-electron chi connectivity index (χ3n) is 4.70. The summed E-state index contributed by atoms with van der Waals surface area (Å²) in [5.74, 6) is 0.300. The van der Waals surface area contributed by atoms with E-state index in [1.165, 1.54) is 28.5 Å². The highest BCUT2D eigenvalue weighted by atomic mass is 19.1. The molecule has 1 aliphatic rings. The molecule has 2 N–H and O–H groups in total. The number of fused-ring (bicyclic) bond motifs is 2. The fraction of sp³-hybridized carbons (Fsp3) is 0.238. The first-order chi connectivity index (χ1) is 12.2. The van der Waals surface area contributed by atoms with Crippen LogP contribution < -0.4 is 15.4 Å². The van der Waals surface area contributed by atoms with Gasteiger partial charge in [0.1, 0.15) is 17.7 Å². The molecule has 1 heterocycles. The van der Waals surface area contributed by atoms with Gasteiger partial charge in [0.2, 0.25) is 0 Å². The number of halogens is 1. The van der Waals surface area contributed by atoms with Gasteiger partial charge in [-0.15, -0.1) is 0 Å². The lowest BCUT2D eigenvalue weighted by atomic mass is 9.99. The predicted octanol–water partition coefficient (Wildman–Crippen LogP) is 4.50. The van der Waals surface area contributed by atoms with Crippen molar-refractivity contribution in [2.75, 3.05) is 18.4 Å². The minimum atomic E-state index is -0.279. The van der Waals surface area contributed by atoms with Gasteiger partial charge < -0.3 is 15.4 Å². The van der Waals surface area contributed by atoms with E-state index in [1.54, 1.807) is 6.07 Å². The lowest BCUT2D eigenvalue weighted by Crippen LogP contribution is -2.40. The number of ether oxygens (including phenoxy) is 1. The van der Waals surface area contributed by atoms with Crippen molar-refractivity contribution in [1.29, 1.82) is 0 Å². The van der Waals surface area contributed by atoms with Gasteiger partial charge in [0.05, 0.1) is 12.2 Å². The van der Waals surface area contributed by atoms with Crippen LogP contribution in [0.2, 0.25) is 0 Å². The standard InChI is InChI=1S/C21H21FN2O/c1-14(18-8-4-6-15-5-2-3-7-19(15)18)23-12-17-13-24-20-10-9-16(22)11-21(20)25-17/h2-11,14,17,23-24H,12-13H2,1H3/t14-,17?/m1/s1. The Hall–Kier alpha value is -2.59. The minimum Gasteiger partial charge on any atom is -0.485 e. The summed E-state index contributed by atoms with van der Waals surface area (Å²) < 4.78 is 19.3. The quantitative estimate of drug-likeness (QED) is 0.736. The molecule has 0 saturated heterocycles. The van der Waals surface area contributed by atoms with Crippen LogP contribution >= 0.6 is 0 Å². The molecule has 3 aromatic rings. The molecule has 0 bridgehead atoms. The molecule has 4 rings (SSSR count). The average molecular weight is 336 g/mol. The smallest absolute Gasteiger partial charge is 0.145 e. The molecule has 3 nitrogen and oxygen atoms in total. The van der Waals surface area contributed by atoms with E-state index in [9.17, 15) is 4.39 Å². The van der Waals surface area contributed by atoms with E-state index in [4.69, 9.17) is 4.74 Å². The third-order valence-corrected chi connectivity index (χ3v) is 4.70. The highest BCUT2D eigenvalue weighted by Crippen LogP contribution is 2.30. The van der Waals surface area contributed by atoms with Crippen molar-refractivity contribution in [3.8, 4) is 5.75 Å². The van der Waals surface area contributed by atoms with Crippen LogP contribution in [0.1, 0.15) is 18.5 Å². The van der Waals surface area contributed by atoms with Crippen molar-refractivity contribution < 1.29 is 9.13 Å². The monoisotopic (exact) mass is 336 g/mol. The van der Waals surface area contributed by atoms with E-state index in [-0.39, 0.29) is 18.0 Å². The minimum absolute atomic E-state index is 0.0354. The maximum atomic E-state index is 13.4. The van der Waals surface area contributed by atoms with E-state index in [0.717, 1.165) is 5.69 Å². The summed E-state index contributed by atoms with van der Waals surface area (Å²) in [7, 11) is 0. The van der Waals surface area contributed by atoms with Crippen molar-refractivity contribution in [1.82, 2.24) is 5.32 Å². The van der Waals surface area contributed by atoms with Gasteiger partial charge in [0.25, 0.3) is 0 Å². The van der Waals surface area contributed by atoms with Crippen LogP contribution in [0, 0.1) is 5.82 Å². The average Bonchev–Trinajstić information content (AvgIpc) is 2.65. The molecular weight excluding hydrogens is 315 g/mol. The molecule has 0 aromatic heterocycles. The first-order valence-corrected chi connectivity index (χ1v) is 8.62. The molecule has 0 amide bonds. The molecule has 0 fully saturated rings. The second-order valence-corrected chi connectivity index (χ2v) is 6.46. The number of hydrogen-bond donors (Lipinski definition) is 2. The fourth-order valence-corrected chi connectivity index (χ4v) is 3.34. The molecule has 0 aliphatic carbocycles. The maximum Gasteiger partial charge on any atom is 0.145 e. The largest absolute Gasteiger partial charge is 0.485 e. The zero-order valence-corrected chi connectivity index (χ0v) is 14.1. The van der Waals surface area contributed by atoms with Crippen molar-refractivity contribution in [3.63, 3.8) is 0 Å². The summed E-state index contributed by atoms with van der Waals surface area (Å²) in [6.45, 7) is 3.55. The summed E-state index contributed by atoms with van der Waals surface area (Å²) in [5, 5.41) is 9.36. The Morgan fingerprint density at radius 3 is 2.92 bits per heavy atom. The Kier molecular flexibility index (Phi) is 4.28. The lowest BCUT2D eigenvalue weighted by molar-refractivity contribution is 0.197. The molecule has 25 heavy (non-hydrogen) atoms. The Morgan fingerprint density at radius 2 is 2.00 bits per heavy atom. The van der Waals surface area contributed by atoms with E-state index >= 15 is 0 Å². The van der Waals surface area contributed by atoms with Crippen molar-refractivity contribution in [3.05, 3.63) is 72.0 Å². The van der Waals surface area contributed by atoms with Gasteiger partial charge in [-0.05, 0) is 35.4 Å². The molecule has 2 atom stereocenters. The number of benzene rings is 3. The van der Waals surface area contributed by atoms with Gasteiger partial charge in [0, 0.05) is 18.7 Å². The first kappa shape index (κ1) is 15.9. The first-order valence-electron chi connectivity index (χ1n) is 8.62. The molecule has 0 spiro atoms. The summed E-state index contributed by atoms with van der Waals surface area (Å²) >= 11 is 0. The van der Waals surface area contributed by atoms with Gasteiger partial charge in [-0.1, -0.05) is 42.5 Å². The third kappa shape index (κ3) is 3.30. The van der Waals surface area contributed by atoms with E-state index in [1.807, 2.05) is 0 Å². The zero-order valence-electron chi connectivity index (χ0n) is 14.1. The molecular formula is C21H21FN2O. The van der Waals surface area contributed by atoms with E-state index in [0.29, 0.717) is 18.8 Å². The summed E-state index contributed by atoms with van der Waals surface area (Å²) in [6, 6.07) is 19.6. The van der Waals surface area contributed by atoms with Crippen molar-refractivity contribution in [2.24, 2.45) is 0 Å². The topological polar surface area (TPSA) is 33.3 Å². The summed E-state index contributed by atoms with van der Waals surface area (Å²) in [5.41, 5.74) is 2.12. The van der Waals surface area contributed by atoms with Crippen LogP contribution in [0.25, 0.3) is 10.8 Å².